The average molecular weight is 234 g/mol. The van der Waals surface area contributed by atoms with Gasteiger partial charge in [0.25, 0.3) is 0 Å². The van der Waals surface area contributed by atoms with E-state index in [1.54, 1.807) is 39.0 Å². The second-order valence-electron chi connectivity index (χ2n) is 4.68. The van der Waals surface area contributed by atoms with Gasteiger partial charge in [0.15, 0.2) is 0 Å². The van der Waals surface area contributed by atoms with Crippen molar-refractivity contribution in [2.24, 2.45) is 0 Å². The Balaban J connectivity index is 2.75. The summed E-state index contributed by atoms with van der Waals surface area (Å²) in [7, 11) is 0. The number of nitrogens with one attached hydrogen (secondary N) is 1. The Morgan fingerprint density at radius 1 is 1.47 bits per heavy atom. The molecule has 0 unspecified atom stereocenters. The first kappa shape index (κ1) is 13.1. The minimum absolute atomic E-state index is 0.480. The van der Waals surface area contributed by atoms with Gasteiger partial charge in [-0.25, -0.2) is 4.79 Å². The van der Waals surface area contributed by atoms with Crippen LogP contribution in [-0.2, 0) is 4.74 Å². The summed E-state index contributed by atoms with van der Waals surface area (Å²) in [6.07, 6.45) is 1.17. The third-order valence-electron chi connectivity index (χ3n) is 1.95. The van der Waals surface area contributed by atoms with E-state index in [1.165, 1.54) is 0 Å². The lowest BCUT2D eigenvalue weighted by Crippen LogP contribution is -2.27. The molecule has 0 atom stereocenters. The molecule has 92 valence electrons. The maximum atomic E-state index is 11.5. The maximum absolute atomic E-state index is 11.5. The van der Waals surface area contributed by atoms with Gasteiger partial charge in [-0.1, -0.05) is 18.7 Å². The molecule has 4 nitrogen and oxygen atoms in total. The fraction of sp³-hybridized carbons (Fsp3) is 0.308. The third-order valence-corrected chi connectivity index (χ3v) is 1.95. The third kappa shape index (κ3) is 4.18. The summed E-state index contributed by atoms with van der Waals surface area (Å²) in [6.45, 7) is 9.05. The van der Waals surface area contributed by atoms with Gasteiger partial charge >= 0.3 is 6.09 Å². The van der Waals surface area contributed by atoms with E-state index in [0.717, 1.165) is 5.56 Å². The number of hydrogen-bond acceptors (Lipinski definition) is 3. The van der Waals surface area contributed by atoms with Crippen molar-refractivity contribution in [3.05, 3.63) is 30.3 Å². The van der Waals surface area contributed by atoms with Crippen LogP contribution in [0.25, 0.3) is 6.08 Å². The van der Waals surface area contributed by atoms with Crippen LogP contribution in [0.5, 0.6) is 0 Å². The molecule has 3 N–H and O–H groups in total. The highest BCUT2D eigenvalue weighted by Gasteiger charge is 2.16. The Kier molecular flexibility index (Phi) is 3.78. The highest BCUT2D eigenvalue weighted by molar-refractivity contribution is 5.89. The van der Waals surface area contributed by atoms with Gasteiger partial charge in [0.05, 0.1) is 11.4 Å². The van der Waals surface area contributed by atoms with Gasteiger partial charge in [-0.3, -0.25) is 5.32 Å². The van der Waals surface area contributed by atoms with Crippen molar-refractivity contribution in [1.29, 1.82) is 0 Å². The zero-order valence-corrected chi connectivity index (χ0v) is 10.4. The van der Waals surface area contributed by atoms with Crippen LogP contribution in [0.15, 0.2) is 24.8 Å². The lowest BCUT2D eigenvalue weighted by Gasteiger charge is -2.20. The molecule has 1 rings (SSSR count). The van der Waals surface area contributed by atoms with Crippen molar-refractivity contribution < 1.29 is 9.53 Å². The molecule has 0 aromatic heterocycles. The Hall–Kier alpha value is -1.97. The van der Waals surface area contributed by atoms with E-state index in [4.69, 9.17) is 10.5 Å². The predicted molar refractivity (Wildman–Crippen MR) is 70.8 cm³/mol. The Morgan fingerprint density at radius 2 is 2.12 bits per heavy atom. The summed E-state index contributed by atoms with van der Waals surface area (Å²) in [6, 6.07) is 5.27. The fourth-order valence-electron chi connectivity index (χ4n) is 1.24. The molecule has 0 bridgehead atoms. The number of nitrogen functional groups attached to an aromatic ring is 1. The molecule has 1 aromatic carbocycles. The molecule has 0 radical (unpaired) electrons. The Bertz CT molecular complexity index is 434. The van der Waals surface area contributed by atoms with Gasteiger partial charge in [0, 0.05) is 0 Å². The minimum Gasteiger partial charge on any atom is -0.444 e. The number of carbonyl (C=O) groups excluding carboxylic acids is 1. The number of amides is 1. The van der Waals surface area contributed by atoms with Gasteiger partial charge in [0.1, 0.15) is 5.60 Å². The molecule has 0 saturated heterocycles. The van der Waals surface area contributed by atoms with Crippen molar-refractivity contribution in [3.8, 4) is 0 Å². The average Bonchev–Trinajstić information content (AvgIpc) is 2.18. The van der Waals surface area contributed by atoms with Gasteiger partial charge < -0.3 is 10.5 Å². The molecule has 17 heavy (non-hydrogen) atoms. The molecule has 0 saturated carbocycles. The molecule has 0 heterocycles. The van der Waals surface area contributed by atoms with E-state index < -0.39 is 11.7 Å². The van der Waals surface area contributed by atoms with Crippen molar-refractivity contribution in [2.75, 3.05) is 11.1 Å². The SMILES string of the molecule is C=Cc1ccc(NC(=O)OC(C)(C)C)c(N)c1. The van der Waals surface area contributed by atoms with Gasteiger partial charge in [0.2, 0.25) is 0 Å². The van der Waals surface area contributed by atoms with Gasteiger partial charge in [-0.05, 0) is 38.5 Å². The van der Waals surface area contributed by atoms with E-state index in [2.05, 4.69) is 11.9 Å². The molecular formula is C13H18N2O2. The second-order valence-corrected chi connectivity index (χ2v) is 4.68. The maximum Gasteiger partial charge on any atom is 0.412 e. The summed E-state index contributed by atoms with van der Waals surface area (Å²) in [5.41, 5.74) is 7.18. The number of benzene rings is 1. The Labute approximate surface area is 101 Å². The summed E-state index contributed by atoms with van der Waals surface area (Å²) in [5, 5.41) is 2.60. The number of hydrogen-bond donors (Lipinski definition) is 2. The topological polar surface area (TPSA) is 64.3 Å². The number of anilines is 2. The zero-order chi connectivity index (χ0) is 13.1. The molecule has 0 aliphatic rings. The summed E-state index contributed by atoms with van der Waals surface area (Å²) in [5.74, 6) is 0. The zero-order valence-electron chi connectivity index (χ0n) is 10.4. The highest BCUT2D eigenvalue weighted by Crippen LogP contribution is 2.21. The molecule has 1 aromatic rings. The molecule has 4 heteroatoms. The largest absolute Gasteiger partial charge is 0.444 e. The van der Waals surface area contributed by atoms with Crippen molar-refractivity contribution in [1.82, 2.24) is 0 Å². The first-order valence-corrected chi connectivity index (χ1v) is 5.34. The van der Waals surface area contributed by atoms with Crippen LogP contribution in [0.4, 0.5) is 16.2 Å². The monoisotopic (exact) mass is 234 g/mol. The van der Waals surface area contributed by atoms with E-state index >= 15 is 0 Å². The van der Waals surface area contributed by atoms with Crippen LogP contribution >= 0.6 is 0 Å². The van der Waals surface area contributed by atoms with Crippen LogP contribution in [0, 0.1) is 0 Å². The van der Waals surface area contributed by atoms with Crippen LogP contribution in [0.1, 0.15) is 26.3 Å². The molecule has 0 aliphatic heterocycles. The first-order valence-electron chi connectivity index (χ1n) is 5.34. The standard InChI is InChI=1S/C13H18N2O2/c1-5-9-6-7-11(10(14)8-9)15-12(16)17-13(2,3)4/h5-8H,1,14H2,2-4H3,(H,15,16). The quantitative estimate of drug-likeness (QED) is 0.772. The highest BCUT2D eigenvalue weighted by atomic mass is 16.6. The van der Waals surface area contributed by atoms with Gasteiger partial charge in [-0.2, -0.15) is 0 Å². The number of nitrogens with two attached hydrogens (primary N) is 1. The van der Waals surface area contributed by atoms with Crippen molar-refractivity contribution in [3.63, 3.8) is 0 Å². The summed E-state index contributed by atoms with van der Waals surface area (Å²) in [4.78, 5) is 11.5. The Morgan fingerprint density at radius 3 is 2.59 bits per heavy atom. The minimum atomic E-state index is -0.528. The van der Waals surface area contributed by atoms with Crippen LogP contribution < -0.4 is 11.1 Å². The van der Waals surface area contributed by atoms with Gasteiger partial charge in [-0.15, -0.1) is 0 Å². The van der Waals surface area contributed by atoms with Crippen LogP contribution in [0.3, 0.4) is 0 Å². The van der Waals surface area contributed by atoms with E-state index in [1.807, 2.05) is 6.07 Å². The second kappa shape index (κ2) is 4.91. The lowest BCUT2D eigenvalue weighted by molar-refractivity contribution is 0.0636. The number of rotatable bonds is 2. The smallest absolute Gasteiger partial charge is 0.412 e. The van der Waals surface area contributed by atoms with Crippen molar-refractivity contribution in [2.45, 2.75) is 26.4 Å². The number of ether oxygens (including phenoxy) is 1. The normalized spacial score (nSPS) is 10.8. The lowest BCUT2D eigenvalue weighted by atomic mass is 10.1. The van der Waals surface area contributed by atoms with E-state index in [0.29, 0.717) is 11.4 Å². The van der Waals surface area contributed by atoms with E-state index in [-0.39, 0.29) is 0 Å². The number of carbonyl (C=O) groups is 1. The summed E-state index contributed by atoms with van der Waals surface area (Å²) >= 11 is 0. The first-order chi connectivity index (χ1) is 7.81. The molecule has 1 amide bonds. The molecule has 0 fully saturated rings. The molecular weight excluding hydrogens is 216 g/mol. The van der Waals surface area contributed by atoms with Crippen LogP contribution in [0.2, 0.25) is 0 Å². The molecule has 0 spiro atoms. The predicted octanol–water partition coefficient (Wildman–Crippen LogP) is 3.26. The van der Waals surface area contributed by atoms with Crippen LogP contribution in [-0.4, -0.2) is 11.7 Å². The molecule has 0 aliphatic carbocycles. The summed E-state index contributed by atoms with van der Waals surface area (Å²) < 4.78 is 5.13. The van der Waals surface area contributed by atoms with E-state index in [9.17, 15) is 4.79 Å². The fourth-order valence-corrected chi connectivity index (χ4v) is 1.24. The van der Waals surface area contributed by atoms with Crippen molar-refractivity contribution >= 4 is 23.5 Å².